The highest BCUT2D eigenvalue weighted by molar-refractivity contribution is 6.36. The van der Waals surface area contributed by atoms with Crippen molar-refractivity contribution in [1.29, 1.82) is 0 Å². The number of aryl methyl sites for hydroxylation is 2. The van der Waals surface area contributed by atoms with E-state index in [1.165, 1.54) is 0 Å². The molecule has 7 rings (SSSR count). The SMILES string of the molecule is Cn1cc(CNC[C@@H]2CCC(=O)N2)c2ccc(-c3cccc(-c4ccc5c(CNC[C@@H]6CCC(=O)N6)cn(C)c5n4)c3Cl)nc21. The zero-order valence-corrected chi connectivity index (χ0v) is 26.2. The molecule has 2 fully saturated rings. The van der Waals surface area contributed by atoms with Crippen molar-refractivity contribution in [2.24, 2.45) is 14.1 Å². The van der Waals surface area contributed by atoms with Gasteiger partial charge in [-0.2, -0.15) is 0 Å². The largest absolute Gasteiger partial charge is 0.352 e. The van der Waals surface area contributed by atoms with Crippen LogP contribution in [0.3, 0.4) is 0 Å². The van der Waals surface area contributed by atoms with E-state index in [1.807, 2.05) is 53.6 Å². The van der Waals surface area contributed by atoms with E-state index in [9.17, 15) is 9.59 Å². The summed E-state index contributed by atoms with van der Waals surface area (Å²) in [4.78, 5) is 33.1. The number of nitrogens with zero attached hydrogens (tertiary/aromatic N) is 4. The third-order valence-electron chi connectivity index (χ3n) is 8.94. The van der Waals surface area contributed by atoms with E-state index < -0.39 is 0 Å². The van der Waals surface area contributed by atoms with E-state index in [-0.39, 0.29) is 23.9 Å². The molecule has 0 spiro atoms. The van der Waals surface area contributed by atoms with Gasteiger partial charge in [0.05, 0.1) is 16.4 Å². The van der Waals surface area contributed by atoms with Gasteiger partial charge in [0.15, 0.2) is 0 Å². The van der Waals surface area contributed by atoms with Crippen LogP contribution in [-0.2, 0) is 36.8 Å². The second-order valence-corrected chi connectivity index (χ2v) is 12.6. The van der Waals surface area contributed by atoms with Crippen LogP contribution >= 0.6 is 11.6 Å². The minimum Gasteiger partial charge on any atom is -0.352 e. The minimum absolute atomic E-state index is 0.133. The predicted octanol–water partition coefficient (Wildman–Crippen LogP) is 4.18. The Kier molecular flexibility index (Phi) is 8.03. The lowest BCUT2D eigenvalue weighted by atomic mass is 10.0. The average molecular weight is 625 g/mol. The maximum atomic E-state index is 11.5. The van der Waals surface area contributed by atoms with Crippen LogP contribution < -0.4 is 21.3 Å². The molecular weight excluding hydrogens is 588 g/mol. The van der Waals surface area contributed by atoms with Crippen LogP contribution in [0, 0.1) is 0 Å². The molecule has 0 aliphatic carbocycles. The highest BCUT2D eigenvalue weighted by Gasteiger charge is 2.22. The lowest BCUT2D eigenvalue weighted by Crippen LogP contribution is -2.35. The molecule has 1 aromatic carbocycles. The Balaban J connectivity index is 1.10. The fourth-order valence-corrected chi connectivity index (χ4v) is 6.92. The Morgan fingerprint density at radius 3 is 1.64 bits per heavy atom. The van der Waals surface area contributed by atoms with E-state index >= 15 is 0 Å². The number of carbonyl (C=O) groups excluding carboxylic acids is 2. The first kappa shape index (κ1) is 29.5. The zero-order valence-electron chi connectivity index (χ0n) is 25.5. The molecule has 11 heteroatoms. The molecule has 4 N–H and O–H groups in total. The number of amides is 2. The number of aromatic nitrogens is 4. The van der Waals surface area contributed by atoms with Gasteiger partial charge in [-0.1, -0.05) is 29.8 Å². The third kappa shape index (κ3) is 5.93. The van der Waals surface area contributed by atoms with E-state index in [2.05, 4.69) is 45.8 Å². The summed E-state index contributed by atoms with van der Waals surface area (Å²) in [6.45, 7) is 2.89. The molecule has 4 aromatic heterocycles. The van der Waals surface area contributed by atoms with Crippen LogP contribution in [0.4, 0.5) is 0 Å². The Morgan fingerprint density at radius 2 is 1.22 bits per heavy atom. The van der Waals surface area contributed by atoms with Crippen LogP contribution in [0.2, 0.25) is 5.02 Å². The van der Waals surface area contributed by atoms with E-state index in [4.69, 9.17) is 21.6 Å². The second kappa shape index (κ2) is 12.3. The van der Waals surface area contributed by atoms with Gasteiger partial charge in [0.2, 0.25) is 11.8 Å². The summed E-state index contributed by atoms with van der Waals surface area (Å²) in [6.07, 6.45) is 7.18. The fraction of sp³-hybridized carbons (Fsp3) is 0.353. The van der Waals surface area contributed by atoms with Crippen LogP contribution in [0.25, 0.3) is 44.6 Å². The molecule has 0 saturated carbocycles. The van der Waals surface area contributed by atoms with Crippen molar-refractivity contribution >= 4 is 45.5 Å². The lowest BCUT2D eigenvalue weighted by molar-refractivity contribution is -0.120. The zero-order chi connectivity index (χ0) is 31.1. The Hall–Kier alpha value is -4.25. The van der Waals surface area contributed by atoms with Crippen molar-refractivity contribution in [3.63, 3.8) is 0 Å². The van der Waals surface area contributed by atoms with Crippen LogP contribution in [-0.4, -0.2) is 56.1 Å². The summed E-state index contributed by atoms with van der Waals surface area (Å²) in [5, 5.41) is 15.8. The summed E-state index contributed by atoms with van der Waals surface area (Å²) >= 11 is 7.08. The molecule has 232 valence electrons. The van der Waals surface area contributed by atoms with Crippen molar-refractivity contribution in [2.75, 3.05) is 13.1 Å². The quantitative estimate of drug-likeness (QED) is 0.185. The molecule has 5 aromatic rings. The molecule has 2 aliphatic heterocycles. The number of hydrogen-bond acceptors (Lipinski definition) is 6. The summed E-state index contributed by atoms with van der Waals surface area (Å²) in [5.41, 5.74) is 7.41. The molecular formula is C34H37ClN8O2. The topological polar surface area (TPSA) is 118 Å². The van der Waals surface area contributed by atoms with Gasteiger partial charge >= 0.3 is 0 Å². The molecule has 2 aliphatic rings. The number of benzene rings is 1. The van der Waals surface area contributed by atoms with Crippen molar-refractivity contribution < 1.29 is 9.59 Å². The number of pyridine rings is 2. The standard InChI is InChI=1S/C34H37ClN8O2/c1-42-18-20(14-36-16-22-6-12-30(44)38-22)24-8-10-28(40-33(24)42)26-4-3-5-27(32(26)35)29-11-9-25-21(19-43(2)34(25)41-29)15-37-17-23-7-13-31(45)39-23/h3-5,8-11,18-19,22-23,36-37H,6-7,12-17H2,1-2H3,(H,38,44)(H,39,45)/t22-,23-/m0/s1. The van der Waals surface area contributed by atoms with Crippen LogP contribution in [0.5, 0.6) is 0 Å². The van der Waals surface area contributed by atoms with Gasteiger partial charge in [-0.3, -0.25) is 9.59 Å². The third-order valence-corrected chi connectivity index (χ3v) is 9.35. The van der Waals surface area contributed by atoms with Gasteiger partial charge in [-0.25, -0.2) is 9.97 Å². The van der Waals surface area contributed by atoms with Crippen molar-refractivity contribution in [3.8, 4) is 22.5 Å². The van der Waals surface area contributed by atoms with E-state index in [0.29, 0.717) is 31.0 Å². The van der Waals surface area contributed by atoms with Gasteiger partial charge in [-0.15, -0.1) is 0 Å². The first-order chi connectivity index (χ1) is 21.8. The highest BCUT2D eigenvalue weighted by Crippen LogP contribution is 2.37. The first-order valence-electron chi connectivity index (χ1n) is 15.5. The van der Waals surface area contributed by atoms with E-state index in [1.54, 1.807) is 0 Å². The molecule has 6 heterocycles. The molecule has 10 nitrogen and oxygen atoms in total. The minimum atomic E-state index is 0.133. The summed E-state index contributed by atoms with van der Waals surface area (Å²) in [7, 11) is 4.01. The molecule has 2 amide bonds. The van der Waals surface area contributed by atoms with Crippen molar-refractivity contribution in [2.45, 2.75) is 50.9 Å². The van der Waals surface area contributed by atoms with Crippen LogP contribution in [0.15, 0.2) is 54.9 Å². The van der Waals surface area contributed by atoms with Gasteiger partial charge in [0.25, 0.3) is 0 Å². The van der Waals surface area contributed by atoms with Crippen LogP contribution in [0.1, 0.15) is 36.8 Å². The number of carbonyl (C=O) groups is 2. The number of hydrogen-bond donors (Lipinski definition) is 4. The van der Waals surface area contributed by atoms with Crippen molar-refractivity contribution in [3.05, 3.63) is 71.0 Å². The number of rotatable bonds is 10. The summed E-state index contributed by atoms with van der Waals surface area (Å²) in [5.74, 6) is 0.266. The first-order valence-corrected chi connectivity index (χ1v) is 15.9. The monoisotopic (exact) mass is 624 g/mol. The summed E-state index contributed by atoms with van der Waals surface area (Å²) < 4.78 is 4.10. The van der Waals surface area contributed by atoms with Gasteiger partial charge in [0, 0.05) is 99.5 Å². The van der Waals surface area contributed by atoms with Crippen molar-refractivity contribution in [1.82, 2.24) is 40.4 Å². The molecule has 0 radical (unpaired) electrons. The number of fused-ring (bicyclic) bond motifs is 2. The predicted molar refractivity (Wildman–Crippen MR) is 177 cm³/mol. The lowest BCUT2D eigenvalue weighted by Gasteiger charge is -2.11. The van der Waals surface area contributed by atoms with E-state index in [0.717, 1.165) is 81.6 Å². The molecule has 2 saturated heterocycles. The normalized spacial score (nSPS) is 18.3. The average Bonchev–Trinajstić information content (AvgIpc) is 3.80. The molecule has 0 unspecified atom stereocenters. The number of nitrogens with one attached hydrogen (secondary N) is 4. The molecule has 45 heavy (non-hydrogen) atoms. The number of halogens is 1. The summed E-state index contributed by atoms with van der Waals surface area (Å²) in [6, 6.07) is 14.7. The highest BCUT2D eigenvalue weighted by atomic mass is 35.5. The Morgan fingerprint density at radius 1 is 0.756 bits per heavy atom. The molecule has 2 atom stereocenters. The Bertz CT molecular complexity index is 1790. The van der Waals surface area contributed by atoms with Gasteiger partial charge in [0.1, 0.15) is 11.3 Å². The van der Waals surface area contributed by atoms with Gasteiger partial charge in [-0.05, 0) is 48.2 Å². The second-order valence-electron chi connectivity index (χ2n) is 12.2. The Labute approximate surface area is 266 Å². The van der Waals surface area contributed by atoms with Gasteiger partial charge < -0.3 is 30.4 Å². The maximum Gasteiger partial charge on any atom is 0.220 e. The maximum absolute atomic E-state index is 11.5. The fourth-order valence-electron chi connectivity index (χ4n) is 6.60. The smallest absolute Gasteiger partial charge is 0.220 e. The molecule has 0 bridgehead atoms.